The fraction of sp³-hybridized carbons (Fsp3) is 0.667. The van der Waals surface area contributed by atoms with Gasteiger partial charge in [0, 0.05) is 17.6 Å². The maximum absolute atomic E-state index is 5.57. The first-order valence-electron chi connectivity index (χ1n) is 8.01. The summed E-state index contributed by atoms with van der Waals surface area (Å²) in [4.78, 5) is 0. The first-order valence-corrected chi connectivity index (χ1v) is 8.81. The molecule has 0 heterocycles. The first-order chi connectivity index (χ1) is 9.98. The Morgan fingerprint density at radius 3 is 2.76 bits per heavy atom. The molecular weight excluding hydrogens is 326 g/mol. The minimum atomic E-state index is -0.0187. The normalized spacial score (nSPS) is 17.0. The van der Waals surface area contributed by atoms with Gasteiger partial charge in [0.05, 0.1) is 5.60 Å². The van der Waals surface area contributed by atoms with E-state index in [2.05, 4.69) is 59.4 Å². The van der Waals surface area contributed by atoms with Gasteiger partial charge in [-0.25, -0.2) is 0 Å². The molecule has 3 heteroatoms. The number of halogens is 1. The van der Waals surface area contributed by atoms with Crippen molar-refractivity contribution in [1.82, 2.24) is 5.32 Å². The average molecular weight is 354 g/mol. The first kappa shape index (κ1) is 17.0. The van der Waals surface area contributed by atoms with Crippen LogP contribution >= 0.6 is 15.9 Å². The Hall–Kier alpha value is -0.380. The van der Waals surface area contributed by atoms with E-state index in [9.17, 15) is 0 Å². The largest absolute Gasteiger partial charge is 0.379 e. The molecule has 0 aromatic heterocycles. The Bertz CT molecular complexity index is 443. The molecule has 0 amide bonds. The van der Waals surface area contributed by atoms with Gasteiger partial charge in [0.2, 0.25) is 0 Å². The molecule has 1 atom stereocenters. The summed E-state index contributed by atoms with van der Waals surface area (Å²) in [5.74, 6) is 0.675. The minimum Gasteiger partial charge on any atom is -0.379 e. The number of ether oxygens (including phenoxy) is 1. The van der Waals surface area contributed by atoms with E-state index >= 15 is 0 Å². The highest BCUT2D eigenvalue weighted by atomic mass is 79.9. The van der Waals surface area contributed by atoms with Crippen LogP contribution in [0.5, 0.6) is 0 Å². The highest BCUT2D eigenvalue weighted by Gasteiger charge is 2.24. The molecule has 0 saturated heterocycles. The Morgan fingerprint density at radius 1 is 1.38 bits per heavy atom. The van der Waals surface area contributed by atoms with Crippen LogP contribution in [0.2, 0.25) is 0 Å². The Morgan fingerprint density at radius 2 is 2.14 bits per heavy atom. The fourth-order valence-electron chi connectivity index (χ4n) is 2.55. The maximum atomic E-state index is 5.57. The monoisotopic (exact) mass is 353 g/mol. The van der Waals surface area contributed by atoms with E-state index in [0.29, 0.717) is 5.92 Å². The number of methoxy groups -OCH3 is 1. The van der Waals surface area contributed by atoms with Crippen LogP contribution in [0.25, 0.3) is 0 Å². The summed E-state index contributed by atoms with van der Waals surface area (Å²) in [6, 6.07) is 9.48. The van der Waals surface area contributed by atoms with Crippen molar-refractivity contribution >= 4 is 15.9 Å². The second kappa shape index (κ2) is 7.75. The molecule has 1 saturated carbocycles. The molecule has 1 unspecified atom stereocenters. The molecule has 0 aliphatic heterocycles. The van der Waals surface area contributed by atoms with Crippen LogP contribution in [0.4, 0.5) is 0 Å². The molecule has 1 aliphatic rings. The highest BCUT2D eigenvalue weighted by molar-refractivity contribution is 9.10. The van der Waals surface area contributed by atoms with Gasteiger partial charge in [0.25, 0.3) is 0 Å². The zero-order valence-electron chi connectivity index (χ0n) is 13.5. The van der Waals surface area contributed by atoms with Gasteiger partial charge in [-0.3, -0.25) is 0 Å². The van der Waals surface area contributed by atoms with E-state index in [1.807, 2.05) is 7.11 Å². The van der Waals surface area contributed by atoms with Crippen molar-refractivity contribution in [2.45, 2.75) is 57.6 Å². The topological polar surface area (TPSA) is 21.3 Å². The Kier molecular flexibility index (Phi) is 6.27. The maximum Gasteiger partial charge on any atom is 0.0622 e. The van der Waals surface area contributed by atoms with Crippen LogP contribution in [0.3, 0.4) is 0 Å². The second-order valence-corrected chi connectivity index (χ2v) is 7.80. The van der Waals surface area contributed by atoms with E-state index in [0.717, 1.165) is 25.4 Å². The van der Waals surface area contributed by atoms with Crippen molar-refractivity contribution in [2.24, 2.45) is 5.92 Å². The van der Waals surface area contributed by atoms with Crippen molar-refractivity contribution in [1.29, 1.82) is 0 Å². The van der Waals surface area contributed by atoms with Crippen LogP contribution < -0.4 is 5.32 Å². The van der Waals surface area contributed by atoms with Gasteiger partial charge >= 0.3 is 0 Å². The van der Waals surface area contributed by atoms with E-state index < -0.39 is 0 Å². The van der Waals surface area contributed by atoms with E-state index in [1.165, 1.54) is 29.3 Å². The van der Waals surface area contributed by atoms with Crippen molar-refractivity contribution in [2.75, 3.05) is 13.7 Å². The van der Waals surface area contributed by atoms with Gasteiger partial charge in [0.1, 0.15) is 0 Å². The van der Waals surface area contributed by atoms with Gasteiger partial charge < -0.3 is 10.1 Å². The number of benzene rings is 1. The summed E-state index contributed by atoms with van der Waals surface area (Å²) in [5, 5.41) is 3.69. The molecule has 118 valence electrons. The third-order valence-corrected chi connectivity index (χ3v) is 4.89. The summed E-state index contributed by atoms with van der Waals surface area (Å²) in [6.45, 7) is 5.48. The lowest BCUT2D eigenvalue weighted by molar-refractivity contribution is 0.0103. The van der Waals surface area contributed by atoms with Gasteiger partial charge in [-0.2, -0.15) is 0 Å². The number of hydrogen-bond donors (Lipinski definition) is 1. The summed E-state index contributed by atoms with van der Waals surface area (Å²) in [7, 11) is 1.81. The van der Waals surface area contributed by atoms with Gasteiger partial charge in [0.15, 0.2) is 0 Å². The van der Waals surface area contributed by atoms with E-state index in [-0.39, 0.29) is 5.60 Å². The standard InChI is InChI=1S/C18H28BrNO/c1-18(2,21-3)10-9-15(13-20-17-7-8-17)11-14-5-4-6-16(19)12-14/h4-6,12,15,17,20H,7-11,13H2,1-3H3. The minimum absolute atomic E-state index is 0.0187. The molecule has 0 radical (unpaired) electrons. The van der Waals surface area contributed by atoms with Crippen LogP contribution in [0.15, 0.2) is 28.7 Å². The van der Waals surface area contributed by atoms with Crippen LogP contribution in [0.1, 0.15) is 45.1 Å². The highest BCUT2D eigenvalue weighted by Crippen LogP contribution is 2.24. The van der Waals surface area contributed by atoms with Crippen molar-refractivity contribution in [3.05, 3.63) is 34.3 Å². The molecule has 0 spiro atoms. The molecule has 2 nitrogen and oxygen atoms in total. The molecule has 2 rings (SSSR count). The lowest BCUT2D eigenvalue weighted by Crippen LogP contribution is -2.29. The molecule has 1 aliphatic carbocycles. The summed E-state index contributed by atoms with van der Waals surface area (Å²) in [5.41, 5.74) is 1.40. The zero-order valence-corrected chi connectivity index (χ0v) is 15.1. The second-order valence-electron chi connectivity index (χ2n) is 6.89. The Labute approximate surface area is 137 Å². The lowest BCUT2D eigenvalue weighted by atomic mass is 9.90. The number of nitrogens with one attached hydrogen (secondary N) is 1. The van der Waals surface area contributed by atoms with Crippen LogP contribution in [-0.4, -0.2) is 25.3 Å². The summed E-state index contributed by atoms with van der Waals surface area (Å²) >= 11 is 3.57. The molecule has 1 fully saturated rings. The van der Waals surface area contributed by atoms with Crippen LogP contribution in [0, 0.1) is 5.92 Å². The summed E-state index contributed by atoms with van der Waals surface area (Å²) in [6.07, 6.45) is 6.15. The van der Waals surface area contributed by atoms with Gasteiger partial charge in [-0.05, 0) is 76.1 Å². The third kappa shape index (κ3) is 6.50. The summed E-state index contributed by atoms with van der Waals surface area (Å²) < 4.78 is 6.74. The molecule has 21 heavy (non-hydrogen) atoms. The smallest absolute Gasteiger partial charge is 0.0622 e. The molecule has 1 aromatic rings. The SMILES string of the molecule is COC(C)(C)CCC(CNC1CC1)Cc1cccc(Br)c1. The quantitative estimate of drug-likeness (QED) is 0.702. The predicted molar refractivity (Wildman–Crippen MR) is 92.7 cm³/mol. The lowest BCUT2D eigenvalue weighted by Gasteiger charge is -2.26. The van der Waals surface area contributed by atoms with E-state index in [4.69, 9.17) is 4.74 Å². The third-order valence-electron chi connectivity index (χ3n) is 4.39. The number of hydrogen-bond acceptors (Lipinski definition) is 2. The van der Waals surface area contributed by atoms with Crippen molar-refractivity contribution in [3.63, 3.8) is 0 Å². The van der Waals surface area contributed by atoms with Crippen molar-refractivity contribution < 1.29 is 4.74 Å². The zero-order chi connectivity index (χ0) is 15.3. The van der Waals surface area contributed by atoms with E-state index in [1.54, 1.807) is 0 Å². The molecule has 1 aromatic carbocycles. The predicted octanol–water partition coefficient (Wildman–Crippen LogP) is 4.57. The molecule has 0 bridgehead atoms. The molecular formula is C18H28BrNO. The average Bonchev–Trinajstić information content (AvgIpc) is 3.26. The molecule has 1 N–H and O–H groups in total. The van der Waals surface area contributed by atoms with Gasteiger partial charge in [-0.15, -0.1) is 0 Å². The Balaban J connectivity index is 1.90. The number of rotatable bonds is 9. The van der Waals surface area contributed by atoms with Gasteiger partial charge in [-0.1, -0.05) is 28.1 Å². The van der Waals surface area contributed by atoms with Crippen molar-refractivity contribution in [3.8, 4) is 0 Å². The van der Waals surface area contributed by atoms with Crippen LogP contribution in [-0.2, 0) is 11.2 Å². The fourth-order valence-corrected chi connectivity index (χ4v) is 2.99.